The van der Waals surface area contributed by atoms with Crippen LogP contribution in [-0.4, -0.2) is 20.9 Å². The lowest BCUT2D eigenvalue weighted by Crippen LogP contribution is -2.11. The van der Waals surface area contributed by atoms with Crippen LogP contribution >= 0.6 is 11.6 Å². The van der Waals surface area contributed by atoms with E-state index in [0.29, 0.717) is 10.6 Å². The van der Waals surface area contributed by atoms with E-state index in [1.54, 1.807) is 6.07 Å². The maximum Gasteiger partial charge on any atom is 0.357 e. The molecule has 0 saturated carbocycles. The van der Waals surface area contributed by atoms with Crippen LogP contribution in [0.15, 0.2) is 24.3 Å². The van der Waals surface area contributed by atoms with Crippen LogP contribution in [0.3, 0.4) is 0 Å². The molecule has 0 aliphatic carbocycles. The molecule has 0 bridgehead atoms. The van der Waals surface area contributed by atoms with Crippen molar-refractivity contribution in [3.8, 4) is 11.1 Å². The quantitative estimate of drug-likeness (QED) is 0.916. The maximum absolute atomic E-state index is 11.4. The third kappa shape index (κ3) is 2.02. The molecule has 0 unspecified atom stereocenters. The summed E-state index contributed by atoms with van der Waals surface area (Å²) in [6, 6.07) is 7.32. The van der Waals surface area contributed by atoms with Gasteiger partial charge in [0.25, 0.3) is 0 Å². The summed E-state index contributed by atoms with van der Waals surface area (Å²) < 4.78 is 1.81. The molecule has 1 aliphatic rings. The predicted octanol–water partition coefficient (Wildman–Crippen LogP) is 3.24. The van der Waals surface area contributed by atoms with Crippen molar-refractivity contribution in [2.24, 2.45) is 0 Å². The van der Waals surface area contributed by atoms with Crippen LogP contribution in [0.4, 0.5) is 0 Å². The van der Waals surface area contributed by atoms with Crippen molar-refractivity contribution < 1.29 is 9.90 Å². The summed E-state index contributed by atoms with van der Waals surface area (Å²) in [4.78, 5) is 11.4. The molecule has 5 heteroatoms. The summed E-state index contributed by atoms with van der Waals surface area (Å²) in [6.07, 6.45) is 2.94. The first-order chi connectivity index (χ1) is 9.18. The highest BCUT2D eigenvalue weighted by Gasteiger charge is 2.26. The highest BCUT2D eigenvalue weighted by Crippen LogP contribution is 2.35. The number of benzene rings is 1. The van der Waals surface area contributed by atoms with E-state index in [0.717, 1.165) is 37.1 Å². The van der Waals surface area contributed by atoms with Gasteiger partial charge in [-0.3, -0.25) is 4.68 Å². The first kappa shape index (κ1) is 12.2. The van der Waals surface area contributed by atoms with E-state index in [2.05, 4.69) is 5.10 Å². The van der Waals surface area contributed by atoms with Crippen molar-refractivity contribution in [2.75, 3.05) is 0 Å². The van der Waals surface area contributed by atoms with Crippen LogP contribution in [0.25, 0.3) is 11.1 Å². The SMILES string of the molecule is O=C(O)c1nn2c(c1-c1ccccc1Cl)CCCC2. The first-order valence-corrected chi connectivity index (χ1v) is 6.64. The van der Waals surface area contributed by atoms with Crippen molar-refractivity contribution in [3.63, 3.8) is 0 Å². The molecule has 2 aromatic rings. The Morgan fingerprint density at radius 1 is 1.32 bits per heavy atom. The molecule has 98 valence electrons. The van der Waals surface area contributed by atoms with E-state index in [1.165, 1.54) is 0 Å². The molecule has 0 amide bonds. The lowest BCUT2D eigenvalue weighted by Gasteiger charge is -2.15. The number of carboxylic acids is 1. The number of hydrogen-bond acceptors (Lipinski definition) is 2. The summed E-state index contributed by atoms with van der Waals surface area (Å²) in [5, 5.41) is 14.1. The number of hydrogen-bond donors (Lipinski definition) is 1. The number of carbonyl (C=O) groups is 1. The third-order valence-electron chi connectivity index (χ3n) is 3.44. The Morgan fingerprint density at radius 2 is 2.11 bits per heavy atom. The number of fused-ring (bicyclic) bond motifs is 1. The molecule has 1 aromatic heterocycles. The lowest BCUT2D eigenvalue weighted by molar-refractivity contribution is 0.0690. The predicted molar refractivity (Wildman–Crippen MR) is 72.6 cm³/mol. The topological polar surface area (TPSA) is 55.1 Å². The molecule has 0 radical (unpaired) electrons. The zero-order valence-electron chi connectivity index (χ0n) is 10.3. The number of carboxylic acid groups (broad SMARTS) is 1. The van der Waals surface area contributed by atoms with Gasteiger partial charge in [-0.25, -0.2) is 4.79 Å². The average Bonchev–Trinajstić information content (AvgIpc) is 2.79. The number of halogens is 1. The molecule has 3 rings (SSSR count). The van der Waals surface area contributed by atoms with Crippen LogP contribution < -0.4 is 0 Å². The van der Waals surface area contributed by atoms with Crippen LogP contribution in [0.1, 0.15) is 29.0 Å². The standard InChI is InChI=1S/C14H13ClN2O2/c15-10-6-2-1-5-9(10)12-11-7-3-4-8-17(11)16-13(12)14(18)19/h1-2,5-6H,3-4,7-8H2,(H,18,19). The molecule has 1 aliphatic heterocycles. The number of rotatable bonds is 2. The average molecular weight is 277 g/mol. The van der Waals surface area contributed by atoms with E-state index >= 15 is 0 Å². The van der Waals surface area contributed by atoms with Crippen molar-refractivity contribution in [1.82, 2.24) is 9.78 Å². The minimum atomic E-state index is -1.00. The number of aryl methyl sites for hydroxylation is 1. The minimum Gasteiger partial charge on any atom is -0.476 e. The molecular weight excluding hydrogens is 264 g/mol. The maximum atomic E-state index is 11.4. The molecule has 0 atom stereocenters. The smallest absolute Gasteiger partial charge is 0.357 e. The van der Waals surface area contributed by atoms with Gasteiger partial charge in [-0.05, 0) is 25.3 Å². The Morgan fingerprint density at radius 3 is 2.84 bits per heavy atom. The van der Waals surface area contributed by atoms with Gasteiger partial charge >= 0.3 is 5.97 Å². The van der Waals surface area contributed by atoms with Crippen molar-refractivity contribution in [2.45, 2.75) is 25.8 Å². The molecule has 0 spiro atoms. The molecule has 2 heterocycles. The van der Waals surface area contributed by atoms with Crippen molar-refractivity contribution in [3.05, 3.63) is 40.7 Å². The normalized spacial score (nSPS) is 14.2. The van der Waals surface area contributed by atoms with Crippen molar-refractivity contribution in [1.29, 1.82) is 0 Å². The second-order valence-electron chi connectivity index (χ2n) is 4.64. The highest BCUT2D eigenvalue weighted by atomic mass is 35.5. The number of aromatic carboxylic acids is 1. The molecule has 1 aromatic carbocycles. The second kappa shape index (κ2) is 4.70. The monoisotopic (exact) mass is 276 g/mol. The van der Waals surface area contributed by atoms with Gasteiger partial charge in [0.05, 0.1) is 0 Å². The number of aromatic nitrogens is 2. The Labute approximate surface area is 115 Å². The van der Waals surface area contributed by atoms with Gasteiger partial charge in [0.15, 0.2) is 5.69 Å². The van der Waals surface area contributed by atoms with Gasteiger partial charge in [-0.1, -0.05) is 29.8 Å². The van der Waals surface area contributed by atoms with E-state index < -0.39 is 5.97 Å². The van der Waals surface area contributed by atoms with E-state index in [1.807, 2.05) is 22.9 Å². The van der Waals surface area contributed by atoms with E-state index in [4.69, 9.17) is 11.6 Å². The van der Waals surface area contributed by atoms with Gasteiger partial charge in [-0.2, -0.15) is 5.10 Å². The fourth-order valence-corrected chi connectivity index (χ4v) is 2.82. The zero-order valence-corrected chi connectivity index (χ0v) is 11.0. The third-order valence-corrected chi connectivity index (χ3v) is 3.77. The summed E-state index contributed by atoms with van der Waals surface area (Å²) in [5.41, 5.74) is 2.52. The molecule has 19 heavy (non-hydrogen) atoms. The zero-order chi connectivity index (χ0) is 13.4. The van der Waals surface area contributed by atoms with Crippen molar-refractivity contribution >= 4 is 17.6 Å². The largest absolute Gasteiger partial charge is 0.476 e. The Hall–Kier alpha value is -1.81. The van der Waals surface area contributed by atoms with Crippen LogP contribution in [-0.2, 0) is 13.0 Å². The highest BCUT2D eigenvalue weighted by molar-refractivity contribution is 6.33. The molecule has 0 fully saturated rings. The fourth-order valence-electron chi connectivity index (χ4n) is 2.59. The number of nitrogens with zero attached hydrogens (tertiary/aromatic N) is 2. The fraction of sp³-hybridized carbons (Fsp3) is 0.286. The van der Waals surface area contributed by atoms with Crippen LogP contribution in [0.5, 0.6) is 0 Å². The second-order valence-corrected chi connectivity index (χ2v) is 5.04. The minimum absolute atomic E-state index is 0.102. The Kier molecular flexibility index (Phi) is 3.03. The van der Waals surface area contributed by atoms with E-state index in [9.17, 15) is 9.90 Å². The lowest BCUT2D eigenvalue weighted by atomic mass is 9.98. The van der Waals surface area contributed by atoms with Gasteiger partial charge in [-0.15, -0.1) is 0 Å². The van der Waals surface area contributed by atoms with Crippen LogP contribution in [0, 0.1) is 0 Å². The van der Waals surface area contributed by atoms with Gasteiger partial charge in [0.2, 0.25) is 0 Å². The first-order valence-electron chi connectivity index (χ1n) is 6.26. The molecular formula is C14H13ClN2O2. The van der Waals surface area contributed by atoms with Gasteiger partial charge in [0, 0.05) is 28.4 Å². The van der Waals surface area contributed by atoms with Crippen LogP contribution in [0.2, 0.25) is 5.02 Å². The van der Waals surface area contributed by atoms with Gasteiger partial charge < -0.3 is 5.11 Å². The summed E-state index contributed by atoms with van der Waals surface area (Å²) in [7, 11) is 0. The molecule has 4 nitrogen and oxygen atoms in total. The summed E-state index contributed by atoms with van der Waals surface area (Å²) >= 11 is 6.20. The Balaban J connectivity index is 2.27. The molecule has 1 N–H and O–H groups in total. The molecule has 0 saturated heterocycles. The van der Waals surface area contributed by atoms with Gasteiger partial charge in [0.1, 0.15) is 0 Å². The van der Waals surface area contributed by atoms with E-state index in [-0.39, 0.29) is 5.69 Å². The summed E-state index contributed by atoms with van der Waals surface area (Å²) in [6.45, 7) is 0.778. The Bertz CT molecular complexity index is 649. The summed E-state index contributed by atoms with van der Waals surface area (Å²) in [5.74, 6) is -1.00.